The number of nitrogens with one attached hydrogen (secondary N) is 1. The maximum atomic E-state index is 12.1. The Morgan fingerprint density at radius 3 is 2.88 bits per heavy atom. The number of aryl methyl sites for hydroxylation is 1. The lowest BCUT2D eigenvalue weighted by Gasteiger charge is -2.11. The monoisotopic (exact) mass is 344 g/mol. The minimum Gasteiger partial charge on any atom is -0.508 e. The smallest absolute Gasteiger partial charge is 0.311 e. The van der Waals surface area contributed by atoms with Crippen molar-refractivity contribution in [2.45, 2.75) is 26.4 Å². The SMILES string of the molecule is Cc1cc(NC(=O)[C@@H](C)OC(=O)Cc2coc3cc(O)ccc23)no1. The molecule has 0 spiro atoms. The van der Waals surface area contributed by atoms with E-state index in [0.29, 0.717) is 22.3 Å². The molecule has 1 atom stereocenters. The van der Waals surface area contributed by atoms with Gasteiger partial charge in [0.15, 0.2) is 11.9 Å². The normalized spacial score (nSPS) is 12.1. The van der Waals surface area contributed by atoms with Crippen LogP contribution in [0.4, 0.5) is 5.82 Å². The molecule has 130 valence electrons. The summed E-state index contributed by atoms with van der Waals surface area (Å²) in [6.07, 6.45) is 0.374. The molecule has 8 heteroatoms. The van der Waals surface area contributed by atoms with Gasteiger partial charge in [0.25, 0.3) is 5.91 Å². The molecule has 2 heterocycles. The maximum Gasteiger partial charge on any atom is 0.311 e. The molecule has 0 aliphatic heterocycles. The molecule has 0 unspecified atom stereocenters. The van der Waals surface area contributed by atoms with E-state index in [-0.39, 0.29) is 18.0 Å². The van der Waals surface area contributed by atoms with Gasteiger partial charge < -0.3 is 24.1 Å². The number of amides is 1. The quantitative estimate of drug-likeness (QED) is 0.683. The average molecular weight is 344 g/mol. The van der Waals surface area contributed by atoms with E-state index in [1.165, 1.54) is 25.3 Å². The summed E-state index contributed by atoms with van der Waals surface area (Å²) >= 11 is 0. The largest absolute Gasteiger partial charge is 0.508 e. The molecule has 0 radical (unpaired) electrons. The van der Waals surface area contributed by atoms with Crippen molar-refractivity contribution in [3.63, 3.8) is 0 Å². The van der Waals surface area contributed by atoms with Crippen LogP contribution in [0.3, 0.4) is 0 Å². The van der Waals surface area contributed by atoms with E-state index in [1.54, 1.807) is 19.1 Å². The van der Waals surface area contributed by atoms with Gasteiger partial charge in [0.1, 0.15) is 17.1 Å². The van der Waals surface area contributed by atoms with Crippen LogP contribution in [0.2, 0.25) is 0 Å². The van der Waals surface area contributed by atoms with Crippen molar-refractivity contribution in [3.05, 3.63) is 41.9 Å². The molecule has 0 saturated heterocycles. The molecule has 0 bridgehead atoms. The summed E-state index contributed by atoms with van der Waals surface area (Å²) in [4.78, 5) is 24.1. The number of carbonyl (C=O) groups excluding carboxylic acids is 2. The summed E-state index contributed by atoms with van der Waals surface area (Å²) in [5.41, 5.74) is 1.08. The molecule has 0 aliphatic rings. The van der Waals surface area contributed by atoms with Crippen LogP contribution in [-0.2, 0) is 20.7 Å². The first kappa shape index (κ1) is 16.6. The summed E-state index contributed by atoms with van der Waals surface area (Å²) in [7, 11) is 0. The molecule has 3 rings (SSSR count). The highest BCUT2D eigenvalue weighted by Crippen LogP contribution is 2.25. The van der Waals surface area contributed by atoms with Gasteiger partial charge in [-0.2, -0.15) is 0 Å². The Labute approximate surface area is 142 Å². The van der Waals surface area contributed by atoms with Gasteiger partial charge in [-0.05, 0) is 26.0 Å². The van der Waals surface area contributed by atoms with Crippen LogP contribution in [0.25, 0.3) is 11.0 Å². The van der Waals surface area contributed by atoms with E-state index >= 15 is 0 Å². The van der Waals surface area contributed by atoms with Crippen molar-refractivity contribution in [3.8, 4) is 5.75 Å². The van der Waals surface area contributed by atoms with E-state index < -0.39 is 18.0 Å². The summed E-state index contributed by atoms with van der Waals surface area (Å²) in [6, 6.07) is 6.17. The number of ether oxygens (including phenoxy) is 1. The predicted molar refractivity (Wildman–Crippen MR) is 87.0 cm³/mol. The molecule has 25 heavy (non-hydrogen) atoms. The highest BCUT2D eigenvalue weighted by atomic mass is 16.5. The molecule has 2 N–H and O–H groups in total. The van der Waals surface area contributed by atoms with Gasteiger partial charge in [-0.1, -0.05) is 5.16 Å². The number of hydrogen-bond acceptors (Lipinski definition) is 7. The number of hydrogen-bond donors (Lipinski definition) is 2. The average Bonchev–Trinajstić information content (AvgIpc) is 3.13. The summed E-state index contributed by atoms with van der Waals surface area (Å²) in [5, 5.41) is 16.2. The standard InChI is InChI=1S/C17H16N2O6/c1-9-5-15(19-25-9)18-17(22)10(2)24-16(21)6-11-8-23-14-7-12(20)3-4-13(11)14/h3-5,7-8,10,20H,6H2,1-2H3,(H,18,19,22)/t10-/m1/s1. The third-order valence-corrected chi connectivity index (χ3v) is 3.53. The summed E-state index contributed by atoms with van der Waals surface area (Å²) in [5.74, 6) is -0.202. The Morgan fingerprint density at radius 1 is 1.36 bits per heavy atom. The second-order valence-electron chi connectivity index (χ2n) is 5.56. The second-order valence-corrected chi connectivity index (χ2v) is 5.56. The van der Waals surface area contributed by atoms with Crippen LogP contribution in [0, 0.1) is 6.92 Å². The van der Waals surface area contributed by atoms with Crippen molar-refractivity contribution >= 4 is 28.7 Å². The predicted octanol–water partition coefficient (Wildman–Crippen LogP) is 2.55. The molecule has 3 aromatic rings. The van der Waals surface area contributed by atoms with Gasteiger partial charge in [-0.25, -0.2) is 0 Å². The zero-order valence-electron chi connectivity index (χ0n) is 13.6. The Morgan fingerprint density at radius 2 is 2.16 bits per heavy atom. The Kier molecular flexibility index (Phi) is 4.42. The lowest BCUT2D eigenvalue weighted by Crippen LogP contribution is -2.30. The van der Waals surface area contributed by atoms with Crippen LogP contribution in [0.5, 0.6) is 5.75 Å². The minimum atomic E-state index is -0.994. The van der Waals surface area contributed by atoms with Crippen molar-refractivity contribution in [2.75, 3.05) is 5.32 Å². The molecule has 1 amide bonds. The van der Waals surface area contributed by atoms with E-state index in [0.717, 1.165) is 0 Å². The first-order valence-electron chi connectivity index (χ1n) is 7.55. The van der Waals surface area contributed by atoms with Crippen molar-refractivity contribution < 1.29 is 28.4 Å². The Bertz CT molecular complexity index is 926. The molecule has 2 aromatic heterocycles. The Balaban J connectivity index is 1.60. The molecule has 0 fully saturated rings. The van der Waals surface area contributed by atoms with E-state index in [4.69, 9.17) is 13.7 Å². The number of fused-ring (bicyclic) bond motifs is 1. The number of phenols is 1. The van der Waals surface area contributed by atoms with Gasteiger partial charge in [-0.15, -0.1) is 0 Å². The third kappa shape index (κ3) is 3.79. The lowest BCUT2D eigenvalue weighted by atomic mass is 10.1. The van der Waals surface area contributed by atoms with Gasteiger partial charge in [-0.3, -0.25) is 9.59 Å². The number of nitrogens with zero attached hydrogens (tertiary/aromatic N) is 1. The van der Waals surface area contributed by atoms with Crippen LogP contribution < -0.4 is 5.32 Å². The number of benzene rings is 1. The molecule has 8 nitrogen and oxygen atoms in total. The van der Waals surface area contributed by atoms with Gasteiger partial charge >= 0.3 is 5.97 Å². The molecule has 0 aliphatic carbocycles. The zero-order chi connectivity index (χ0) is 18.0. The fraction of sp³-hybridized carbons (Fsp3) is 0.235. The van der Waals surface area contributed by atoms with E-state index in [2.05, 4.69) is 10.5 Å². The van der Waals surface area contributed by atoms with Crippen LogP contribution in [0.15, 0.2) is 39.5 Å². The first-order valence-corrected chi connectivity index (χ1v) is 7.55. The number of anilines is 1. The molecule has 1 aromatic carbocycles. The summed E-state index contributed by atoms with van der Waals surface area (Å²) in [6.45, 7) is 3.16. The van der Waals surface area contributed by atoms with Gasteiger partial charge in [0.2, 0.25) is 0 Å². The number of aromatic nitrogens is 1. The fourth-order valence-corrected chi connectivity index (χ4v) is 2.31. The van der Waals surface area contributed by atoms with E-state index in [9.17, 15) is 14.7 Å². The Hall–Kier alpha value is -3.29. The third-order valence-electron chi connectivity index (χ3n) is 3.53. The van der Waals surface area contributed by atoms with Crippen LogP contribution in [-0.4, -0.2) is 28.2 Å². The molecular weight excluding hydrogens is 328 g/mol. The zero-order valence-corrected chi connectivity index (χ0v) is 13.6. The maximum absolute atomic E-state index is 12.1. The fourth-order valence-electron chi connectivity index (χ4n) is 2.31. The van der Waals surface area contributed by atoms with Crippen molar-refractivity contribution in [1.82, 2.24) is 5.16 Å². The number of furan rings is 1. The summed E-state index contributed by atoms with van der Waals surface area (Å²) < 4.78 is 15.3. The highest BCUT2D eigenvalue weighted by molar-refractivity contribution is 5.94. The lowest BCUT2D eigenvalue weighted by molar-refractivity contribution is -0.152. The minimum absolute atomic E-state index is 0.0571. The van der Waals surface area contributed by atoms with Gasteiger partial charge in [0.05, 0.1) is 12.7 Å². The van der Waals surface area contributed by atoms with E-state index in [1.807, 2.05) is 0 Å². The molecule has 0 saturated carbocycles. The number of phenolic OH excluding ortho intramolecular Hbond substituents is 1. The van der Waals surface area contributed by atoms with Gasteiger partial charge in [0, 0.05) is 23.1 Å². The first-order chi connectivity index (χ1) is 11.9. The highest BCUT2D eigenvalue weighted by Gasteiger charge is 2.20. The molecular formula is C17H16N2O6. The van der Waals surface area contributed by atoms with Crippen LogP contribution in [0.1, 0.15) is 18.2 Å². The number of carbonyl (C=O) groups is 2. The number of rotatable bonds is 5. The topological polar surface area (TPSA) is 115 Å². The second kappa shape index (κ2) is 6.68. The number of esters is 1. The number of aromatic hydroxyl groups is 1. The van der Waals surface area contributed by atoms with Crippen molar-refractivity contribution in [2.24, 2.45) is 0 Å². The van der Waals surface area contributed by atoms with Crippen molar-refractivity contribution in [1.29, 1.82) is 0 Å². The van der Waals surface area contributed by atoms with Crippen LogP contribution >= 0.6 is 0 Å².